The molecule has 0 spiro atoms. The number of hydrogen-bond acceptors (Lipinski definition) is 4. The maximum absolute atomic E-state index is 9.36. The topological polar surface area (TPSA) is 48.3 Å². The first kappa shape index (κ1) is 18.4. The van der Waals surface area contributed by atoms with Crippen molar-refractivity contribution in [2.75, 3.05) is 26.8 Å². The van der Waals surface area contributed by atoms with E-state index in [4.69, 9.17) is 4.74 Å². The van der Waals surface area contributed by atoms with Crippen molar-refractivity contribution in [3.05, 3.63) is 0 Å². The van der Waals surface area contributed by atoms with Crippen LogP contribution in [0.5, 0.6) is 0 Å². The van der Waals surface area contributed by atoms with Crippen molar-refractivity contribution >= 4 is 0 Å². The van der Waals surface area contributed by atoms with E-state index in [2.05, 4.69) is 44.0 Å². The molecule has 0 heterocycles. The van der Waals surface area contributed by atoms with E-state index >= 15 is 0 Å². The minimum Gasteiger partial charge on any atom is -0.383 e. The molecule has 0 saturated carbocycles. The van der Waals surface area contributed by atoms with E-state index in [0.717, 1.165) is 32.5 Å². The summed E-state index contributed by atoms with van der Waals surface area (Å²) >= 11 is 0. The highest BCUT2D eigenvalue weighted by Crippen LogP contribution is 2.13. The quantitative estimate of drug-likeness (QED) is 0.661. The lowest BCUT2D eigenvalue weighted by molar-refractivity contribution is 0.116. The van der Waals surface area contributed by atoms with Crippen molar-refractivity contribution in [3.63, 3.8) is 0 Å². The molecule has 0 radical (unpaired) electrons. The summed E-state index contributed by atoms with van der Waals surface area (Å²) in [5.41, 5.74) is -0.451. The fraction of sp³-hybridized carbons (Fsp3) is 0.933. The summed E-state index contributed by atoms with van der Waals surface area (Å²) in [6.07, 6.45) is 1.94. The molecule has 4 heteroatoms. The van der Waals surface area contributed by atoms with Gasteiger partial charge in [-0.25, -0.2) is 0 Å². The molecule has 0 aliphatic heterocycles. The van der Waals surface area contributed by atoms with Crippen LogP contribution in [0.25, 0.3) is 0 Å². The van der Waals surface area contributed by atoms with Crippen LogP contribution in [0.3, 0.4) is 0 Å². The van der Waals surface area contributed by atoms with E-state index in [1.54, 1.807) is 7.11 Å². The Morgan fingerprint density at radius 2 is 1.95 bits per heavy atom. The summed E-state index contributed by atoms with van der Waals surface area (Å²) in [6.45, 7) is 13.1. The van der Waals surface area contributed by atoms with E-state index in [1.165, 1.54) is 0 Å². The van der Waals surface area contributed by atoms with Crippen LogP contribution in [0.1, 0.15) is 47.5 Å². The molecule has 0 amide bonds. The molecule has 0 bridgehead atoms. The van der Waals surface area contributed by atoms with Crippen molar-refractivity contribution < 1.29 is 4.74 Å². The van der Waals surface area contributed by atoms with Crippen LogP contribution in [-0.2, 0) is 4.74 Å². The van der Waals surface area contributed by atoms with Gasteiger partial charge in [0, 0.05) is 32.3 Å². The van der Waals surface area contributed by atoms with E-state index in [-0.39, 0.29) is 0 Å². The van der Waals surface area contributed by atoms with Gasteiger partial charge in [0.15, 0.2) is 0 Å². The Morgan fingerprint density at radius 1 is 1.32 bits per heavy atom. The molecule has 4 nitrogen and oxygen atoms in total. The Kier molecular flexibility index (Phi) is 8.99. The number of nitrogens with one attached hydrogen (secondary N) is 1. The lowest BCUT2D eigenvalue weighted by atomic mass is 9.98. The SMILES string of the molecule is CCC(C)N(CCOC)CCC(C)(C#N)NC(C)C. The molecule has 2 atom stereocenters. The summed E-state index contributed by atoms with van der Waals surface area (Å²) in [5, 5.41) is 12.7. The fourth-order valence-corrected chi connectivity index (χ4v) is 2.18. The van der Waals surface area contributed by atoms with Gasteiger partial charge in [-0.2, -0.15) is 5.26 Å². The predicted octanol–water partition coefficient (Wildman–Crippen LogP) is 2.40. The molecule has 0 aromatic carbocycles. The maximum Gasteiger partial charge on any atom is 0.105 e. The third-order valence-corrected chi connectivity index (χ3v) is 3.55. The zero-order chi connectivity index (χ0) is 14.9. The second-order valence-electron chi connectivity index (χ2n) is 5.78. The molecule has 1 N–H and O–H groups in total. The van der Waals surface area contributed by atoms with Gasteiger partial charge < -0.3 is 4.74 Å². The standard InChI is InChI=1S/C15H31N3O/c1-7-14(4)18(10-11-19-6)9-8-15(5,12-16)17-13(2)3/h13-14,17H,7-11H2,1-6H3. The molecule has 0 aromatic heterocycles. The molecule has 0 saturated heterocycles. The summed E-state index contributed by atoms with van der Waals surface area (Å²) in [4.78, 5) is 2.40. The van der Waals surface area contributed by atoms with E-state index in [9.17, 15) is 5.26 Å². The number of nitriles is 1. The molecular formula is C15H31N3O. The van der Waals surface area contributed by atoms with Crippen molar-refractivity contribution in [2.24, 2.45) is 0 Å². The minimum atomic E-state index is -0.451. The van der Waals surface area contributed by atoms with Gasteiger partial charge in [-0.05, 0) is 40.5 Å². The predicted molar refractivity (Wildman–Crippen MR) is 80.1 cm³/mol. The van der Waals surface area contributed by atoms with Gasteiger partial charge in [0.05, 0.1) is 12.7 Å². The Labute approximate surface area is 119 Å². The molecule has 0 aromatic rings. The van der Waals surface area contributed by atoms with Crippen molar-refractivity contribution in [2.45, 2.75) is 65.1 Å². The second-order valence-corrected chi connectivity index (χ2v) is 5.78. The molecule has 19 heavy (non-hydrogen) atoms. The molecule has 0 aliphatic carbocycles. The second kappa shape index (κ2) is 9.30. The van der Waals surface area contributed by atoms with Gasteiger partial charge in [-0.1, -0.05) is 6.92 Å². The van der Waals surface area contributed by atoms with Gasteiger partial charge in [-0.3, -0.25) is 10.2 Å². The normalized spacial score (nSPS) is 16.4. The lowest BCUT2D eigenvalue weighted by Crippen LogP contribution is -2.48. The number of nitrogens with zero attached hydrogens (tertiary/aromatic N) is 2. The first-order chi connectivity index (χ1) is 8.88. The molecule has 0 fully saturated rings. The lowest BCUT2D eigenvalue weighted by Gasteiger charge is -2.32. The van der Waals surface area contributed by atoms with Crippen LogP contribution in [0, 0.1) is 11.3 Å². The largest absolute Gasteiger partial charge is 0.383 e. The van der Waals surface area contributed by atoms with Crippen molar-refractivity contribution in [1.29, 1.82) is 5.26 Å². The highest BCUT2D eigenvalue weighted by molar-refractivity contribution is 5.04. The number of methoxy groups -OCH3 is 1. The Morgan fingerprint density at radius 3 is 2.37 bits per heavy atom. The fourth-order valence-electron chi connectivity index (χ4n) is 2.18. The van der Waals surface area contributed by atoms with Crippen LogP contribution in [0.2, 0.25) is 0 Å². The average molecular weight is 269 g/mol. The third kappa shape index (κ3) is 7.51. The van der Waals surface area contributed by atoms with Crippen molar-refractivity contribution in [3.8, 4) is 6.07 Å². The molecule has 0 aliphatic rings. The smallest absolute Gasteiger partial charge is 0.105 e. The summed E-state index contributed by atoms with van der Waals surface area (Å²) in [7, 11) is 1.73. The molecule has 2 unspecified atom stereocenters. The van der Waals surface area contributed by atoms with E-state index in [1.807, 2.05) is 6.92 Å². The van der Waals surface area contributed by atoms with Gasteiger partial charge in [-0.15, -0.1) is 0 Å². The highest BCUT2D eigenvalue weighted by atomic mass is 16.5. The Bertz CT molecular complexity index is 275. The summed E-state index contributed by atoms with van der Waals surface area (Å²) in [5.74, 6) is 0. The summed E-state index contributed by atoms with van der Waals surface area (Å²) in [6, 6.07) is 3.25. The molecular weight excluding hydrogens is 238 g/mol. The van der Waals surface area contributed by atoms with Gasteiger partial charge in [0.25, 0.3) is 0 Å². The minimum absolute atomic E-state index is 0.320. The average Bonchev–Trinajstić information content (AvgIpc) is 2.37. The van der Waals surface area contributed by atoms with Crippen LogP contribution >= 0.6 is 0 Å². The van der Waals surface area contributed by atoms with Crippen LogP contribution in [-0.4, -0.2) is 49.3 Å². The van der Waals surface area contributed by atoms with Crippen LogP contribution < -0.4 is 5.32 Å². The third-order valence-electron chi connectivity index (χ3n) is 3.55. The van der Waals surface area contributed by atoms with Crippen molar-refractivity contribution in [1.82, 2.24) is 10.2 Å². The number of ether oxygens (including phenoxy) is 1. The zero-order valence-electron chi connectivity index (χ0n) is 13.5. The highest BCUT2D eigenvalue weighted by Gasteiger charge is 2.25. The Balaban J connectivity index is 4.46. The molecule has 0 rings (SSSR count). The number of rotatable bonds is 10. The first-order valence-electron chi connectivity index (χ1n) is 7.30. The Hall–Kier alpha value is -0.630. The zero-order valence-corrected chi connectivity index (χ0v) is 13.5. The van der Waals surface area contributed by atoms with Gasteiger partial charge >= 0.3 is 0 Å². The van der Waals surface area contributed by atoms with E-state index in [0.29, 0.717) is 12.1 Å². The van der Waals surface area contributed by atoms with Gasteiger partial charge in [0.1, 0.15) is 5.54 Å². The van der Waals surface area contributed by atoms with Gasteiger partial charge in [0.2, 0.25) is 0 Å². The molecule has 112 valence electrons. The maximum atomic E-state index is 9.36. The first-order valence-corrected chi connectivity index (χ1v) is 7.30. The van der Waals surface area contributed by atoms with E-state index < -0.39 is 5.54 Å². The summed E-state index contributed by atoms with van der Waals surface area (Å²) < 4.78 is 5.17. The van der Waals surface area contributed by atoms with Crippen LogP contribution in [0.15, 0.2) is 0 Å². The number of hydrogen-bond donors (Lipinski definition) is 1. The monoisotopic (exact) mass is 269 g/mol. The van der Waals surface area contributed by atoms with Crippen LogP contribution in [0.4, 0.5) is 0 Å².